The van der Waals surface area contributed by atoms with Crippen LogP contribution in [0.1, 0.15) is 62.4 Å². The highest BCUT2D eigenvalue weighted by Gasteiger charge is 2.34. The van der Waals surface area contributed by atoms with Gasteiger partial charge in [-0.05, 0) is 44.7 Å². The molecule has 1 aliphatic rings. The first-order valence-electron chi connectivity index (χ1n) is 8.06. The van der Waals surface area contributed by atoms with Crippen LogP contribution in [0.4, 0.5) is 0 Å². The molecule has 1 unspecified atom stereocenters. The van der Waals surface area contributed by atoms with Crippen molar-refractivity contribution in [3.63, 3.8) is 0 Å². The van der Waals surface area contributed by atoms with E-state index in [0.29, 0.717) is 6.04 Å². The highest BCUT2D eigenvalue weighted by atomic mass is 16.1. The average molecular weight is 273 g/mol. The van der Waals surface area contributed by atoms with Gasteiger partial charge in [0.25, 0.3) is 0 Å². The Bertz CT molecular complexity index is 433. The minimum Gasteiger partial charge on any atom is -0.292 e. The third-order valence-electron chi connectivity index (χ3n) is 4.31. The molecule has 1 atom stereocenters. The SMILES string of the molecule is CCCCN(C1CC1)C(C)C(=O)c1ccc(CC)cc1. The van der Waals surface area contributed by atoms with E-state index in [1.54, 1.807) is 0 Å². The van der Waals surface area contributed by atoms with Crippen LogP contribution in [-0.2, 0) is 6.42 Å². The topological polar surface area (TPSA) is 20.3 Å². The number of benzene rings is 1. The lowest BCUT2D eigenvalue weighted by molar-refractivity contribution is 0.0824. The quantitative estimate of drug-likeness (QED) is 0.665. The largest absolute Gasteiger partial charge is 0.292 e. The third-order valence-corrected chi connectivity index (χ3v) is 4.31. The maximum absolute atomic E-state index is 12.6. The van der Waals surface area contributed by atoms with Gasteiger partial charge in [0.1, 0.15) is 0 Å². The minimum absolute atomic E-state index is 0.0153. The summed E-state index contributed by atoms with van der Waals surface area (Å²) >= 11 is 0. The van der Waals surface area contributed by atoms with E-state index in [9.17, 15) is 4.79 Å². The minimum atomic E-state index is 0.0153. The Hall–Kier alpha value is -1.15. The normalized spacial score (nSPS) is 16.4. The van der Waals surface area contributed by atoms with E-state index >= 15 is 0 Å². The highest BCUT2D eigenvalue weighted by Crippen LogP contribution is 2.29. The Labute approximate surface area is 123 Å². The van der Waals surface area contributed by atoms with Gasteiger partial charge in [-0.15, -0.1) is 0 Å². The lowest BCUT2D eigenvalue weighted by Gasteiger charge is -2.28. The molecule has 0 spiro atoms. The van der Waals surface area contributed by atoms with Gasteiger partial charge >= 0.3 is 0 Å². The van der Waals surface area contributed by atoms with Crippen molar-refractivity contribution in [3.8, 4) is 0 Å². The Morgan fingerprint density at radius 3 is 2.40 bits per heavy atom. The number of aryl methyl sites for hydroxylation is 1. The maximum atomic E-state index is 12.6. The molecule has 0 saturated heterocycles. The predicted molar refractivity (Wildman–Crippen MR) is 84.2 cm³/mol. The average Bonchev–Trinajstić information content (AvgIpc) is 3.31. The second-order valence-corrected chi connectivity index (χ2v) is 5.91. The van der Waals surface area contributed by atoms with Crippen molar-refractivity contribution >= 4 is 5.78 Å². The molecule has 1 aliphatic carbocycles. The van der Waals surface area contributed by atoms with Crippen LogP contribution < -0.4 is 0 Å². The molecule has 0 bridgehead atoms. The zero-order valence-electron chi connectivity index (χ0n) is 13.1. The van der Waals surface area contributed by atoms with Gasteiger partial charge in [0.2, 0.25) is 0 Å². The van der Waals surface area contributed by atoms with Crippen LogP contribution in [0.15, 0.2) is 24.3 Å². The number of rotatable bonds is 8. The molecule has 20 heavy (non-hydrogen) atoms. The molecule has 1 fully saturated rings. The van der Waals surface area contributed by atoms with Crippen LogP contribution in [0.3, 0.4) is 0 Å². The first-order chi connectivity index (χ1) is 9.67. The summed E-state index contributed by atoms with van der Waals surface area (Å²) in [5.41, 5.74) is 2.15. The van der Waals surface area contributed by atoms with Crippen molar-refractivity contribution in [2.24, 2.45) is 0 Å². The second kappa shape index (κ2) is 7.03. The summed E-state index contributed by atoms with van der Waals surface area (Å²) in [7, 11) is 0. The van der Waals surface area contributed by atoms with Crippen LogP contribution in [0.25, 0.3) is 0 Å². The molecule has 0 heterocycles. The van der Waals surface area contributed by atoms with Crippen molar-refractivity contribution in [3.05, 3.63) is 35.4 Å². The molecule has 0 aromatic heterocycles. The van der Waals surface area contributed by atoms with Gasteiger partial charge in [-0.1, -0.05) is 44.5 Å². The van der Waals surface area contributed by atoms with E-state index in [2.05, 4.69) is 37.8 Å². The number of hydrogen-bond donors (Lipinski definition) is 0. The molecule has 2 heteroatoms. The molecule has 110 valence electrons. The summed E-state index contributed by atoms with van der Waals surface area (Å²) in [6.45, 7) is 7.48. The van der Waals surface area contributed by atoms with Gasteiger partial charge in [0.15, 0.2) is 5.78 Å². The first kappa shape index (κ1) is 15.2. The summed E-state index contributed by atoms with van der Waals surface area (Å²) in [5.74, 6) is 0.274. The number of unbranched alkanes of at least 4 members (excludes halogenated alkanes) is 1. The molecule has 2 nitrogen and oxygen atoms in total. The maximum Gasteiger partial charge on any atom is 0.179 e. The predicted octanol–water partition coefficient (Wildman–Crippen LogP) is 4.08. The van der Waals surface area contributed by atoms with Gasteiger partial charge < -0.3 is 0 Å². The van der Waals surface area contributed by atoms with E-state index in [0.717, 1.165) is 18.5 Å². The van der Waals surface area contributed by atoms with E-state index in [-0.39, 0.29) is 11.8 Å². The van der Waals surface area contributed by atoms with E-state index in [4.69, 9.17) is 0 Å². The zero-order chi connectivity index (χ0) is 14.5. The fourth-order valence-electron chi connectivity index (χ4n) is 2.74. The number of carbonyl (C=O) groups is 1. The first-order valence-corrected chi connectivity index (χ1v) is 8.06. The summed E-state index contributed by atoms with van der Waals surface area (Å²) in [4.78, 5) is 15.1. The molecule has 0 radical (unpaired) electrons. The number of hydrogen-bond acceptors (Lipinski definition) is 2. The van der Waals surface area contributed by atoms with Crippen molar-refractivity contribution in [2.45, 2.75) is 65.0 Å². The van der Waals surface area contributed by atoms with Gasteiger partial charge in [0.05, 0.1) is 6.04 Å². The molecule has 1 aromatic carbocycles. The molecular formula is C18H27NO. The van der Waals surface area contributed by atoms with E-state index in [1.807, 2.05) is 12.1 Å². The molecule has 0 aliphatic heterocycles. The number of Topliss-reactive ketones (excluding diaryl/α,β-unsaturated/α-hetero) is 1. The molecular weight excluding hydrogens is 246 g/mol. The fraction of sp³-hybridized carbons (Fsp3) is 0.611. The van der Waals surface area contributed by atoms with E-state index in [1.165, 1.54) is 31.2 Å². The second-order valence-electron chi connectivity index (χ2n) is 5.91. The van der Waals surface area contributed by atoms with Crippen LogP contribution in [0, 0.1) is 0 Å². The van der Waals surface area contributed by atoms with Crippen molar-refractivity contribution in [1.29, 1.82) is 0 Å². The molecule has 0 amide bonds. The Morgan fingerprint density at radius 2 is 1.90 bits per heavy atom. The van der Waals surface area contributed by atoms with Crippen LogP contribution in [-0.4, -0.2) is 29.3 Å². The molecule has 2 rings (SSSR count). The van der Waals surface area contributed by atoms with Gasteiger partial charge in [0, 0.05) is 11.6 Å². The summed E-state index contributed by atoms with van der Waals surface area (Å²) in [6, 6.07) is 8.79. The molecule has 0 N–H and O–H groups in total. The summed E-state index contributed by atoms with van der Waals surface area (Å²) in [5, 5.41) is 0. The van der Waals surface area contributed by atoms with Crippen molar-refractivity contribution in [2.75, 3.05) is 6.54 Å². The Morgan fingerprint density at radius 1 is 1.25 bits per heavy atom. The van der Waals surface area contributed by atoms with Gasteiger partial charge in [-0.3, -0.25) is 9.69 Å². The van der Waals surface area contributed by atoms with Crippen LogP contribution >= 0.6 is 0 Å². The van der Waals surface area contributed by atoms with Crippen LogP contribution in [0.5, 0.6) is 0 Å². The monoisotopic (exact) mass is 273 g/mol. The summed E-state index contributed by atoms with van der Waals surface area (Å²) in [6.07, 6.45) is 5.92. The van der Waals surface area contributed by atoms with Crippen molar-refractivity contribution in [1.82, 2.24) is 4.90 Å². The summed E-state index contributed by atoms with van der Waals surface area (Å²) < 4.78 is 0. The number of ketones is 1. The fourth-order valence-corrected chi connectivity index (χ4v) is 2.74. The number of carbonyl (C=O) groups excluding carboxylic acids is 1. The smallest absolute Gasteiger partial charge is 0.179 e. The Kier molecular flexibility index (Phi) is 5.36. The third kappa shape index (κ3) is 3.69. The van der Waals surface area contributed by atoms with Gasteiger partial charge in [-0.25, -0.2) is 0 Å². The lowest BCUT2D eigenvalue weighted by Crippen LogP contribution is -2.41. The van der Waals surface area contributed by atoms with Crippen molar-refractivity contribution < 1.29 is 4.79 Å². The highest BCUT2D eigenvalue weighted by molar-refractivity contribution is 5.99. The lowest BCUT2D eigenvalue weighted by atomic mass is 10.0. The standard InChI is InChI=1S/C18H27NO/c1-4-6-13-19(17-11-12-17)14(3)18(20)16-9-7-15(5-2)8-10-16/h7-10,14,17H,4-6,11-13H2,1-3H3. The molecule has 1 saturated carbocycles. The Balaban J connectivity index is 2.04. The molecule has 1 aromatic rings. The van der Waals surface area contributed by atoms with E-state index < -0.39 is 0 Å². The van der Waals surface area contributed by atoms with Crippen LogP contribution in [0.2, 0.25) is 0 Å². The zero-order valence-corrected chi connectivity index (χ0v) is 13.1. The number of nitrogens with zero attached hydrogens (tertiary/aromatic N) is 1. The van der Waals surface area contributed by atoms with Gasteiger partial charge in [-0.2, -0.15) is 0 Å².